The summed E-state index contributed by atoms with van der Waals surface area (Å²) < 4.78 is 12.8. The molecule has 2 aliphatic rings. The predicted octanol–water partition coefficient (Wildman–Crippen LogP) is 1.82. The minimum Gasteiger partial charge on any atom is -0.352 e. The van der Waals surface area contributed by atoms with E-state index in [-0.39, 0.29) is 23.7 Å². The maximum absolute atomic E-state index is 12.8. The third-order valence-corrected chi connectivity index (χ3v) is 3.56. The summed E-state index contributed by atoms with van der Waals surface area (Å²) in [5.74, 6) is 0.558. The van der Waals surface area contributed by atoms with Crippen molar-refractivity contribution >= 4 is 5.91 Å². The first-order valence-corrected chi connectivity index (χ1v) is 5.30. The van der Waals surface area contributed by atoms with Gasteiger partial charge in [0, 0.05) is 17.9 Å². The molecule has 1 N–H and O–H groups in total. The van der Waals surface area contributed by atoms with Crippen molar-refractivity contribution in [3.8, 4) is 0 Å². The van der Waals surface area contributed by atoms with E-state index in [4.69, 9.17) is 0 Å². The highest BCUT2D eigenvalue weighted by Crippen LogP contribution is 2.42. The number of carbonyl (C=O) groups excluding carboxylic acids is 1. The highest BCUT2D eigenvalue weighted by molar-refractivity contribution is 5.83. The molecular weight excluding hydrogens is 193 g/mol. The van der Waals surface area contributed by atoms with Crippen LogP contribution in [0, 0.1) is 11.7 Å². The molecule has 2 fully saturated rings. The van der Waals surface area contributed by atoms with Crippen LogP contribution >= 0.6 is 0 Å². The normalized spacial score (nSPS) is 33.1. The topological polar surface area (TPSA) is 29.1 Å². The third-order valence-electron chi connectivity index (χ3n) is 3.56. The number of benzene rings is 1. The first-order chi connectivity index (χ1) is 7.24. The van der Waals surface area contributed by atoms with Gasteiger partial charge < -0.3 is 5.32 Å². The molecule has 78 valence electrons. The van der Waals surface area contributed by atoms with Gasteiger partial charge in [0.1, 0.15) is 5.82 Å². The highest BCUT2D eigenvalue weighted by atomic mass is 19.1. The maximum Gasteiger partial charge on any atom is 0.223 e. The molecule has 1 aromatic rings. The van der Waals surface area contributed by atoms with E-state index >= 15 is 0 Å². The van der Waals surface area contributed by atoms with Crippen LogP contribution in [-0.2, 0) is 4.79 Å². The molecule has 1 aromatic carbocycles. The molecular formula is C12H12FNO. The number of piperidine rings is 1. The van der Waals surface area contributed by atoms with Gasteiger partial charge in [-0.25, -0.2) is 4.39 Å². The number of carbonyl (C=O) groups is 1. The molecule has 3 atom stereocenters. The number of halogens is 1. The molecule has 2 bridgehead atoms. The van der Waals surface area contributed by atoms with E-state index in [2.05, 4.69) is 5.32 Å². The van der Waals surface area contributed by atoms with Gasteiger partial charge in [0.15, 0.2) is 0 Å². The molecule has 0 radical (unpaired) electrons. The summed E-state index contributed by atoms with van der Waals surface area (Å²) in [6, 6.07) is 6.90. The Labute approximate surface area is 87.5 Å². The Hall–Kier alpha value is -1.38. The quantitative estimate of drug-likeness (QED) is 0.744. The summed E-state index contributed by atoms with van der Waals surface area (Å²) in [5, 5.41) is 2.98. The molecule has 1 heterocycles. The third kappa shape index (κ3) is 1.34. The monoisotopic (exact) mass is 205 g/mol. The van der Waals surface area contributed by atoms with Crippen LogP contribution in [0.25, 0.3) is 0 Å². The van der Waals surface area contributed by atoms with Crippen molar-refractivity contribution in [3.63, 3.8) is 0 Å². The molecule has 1 saturated carbocycles. The van der Waals surface area contributed by atoms with Gasteiger partial charge in [-0.2, -0.15) is 0 Å². The molecule has 0 aromatic heterocycles. The lowest BCUT2D eigenvalue weighted by molar-refractivity contribution is -0.123. The number of amides is 1. The van der Waals surface area contributed by atoms with Crippen molar-refractivity contribution in [2.45, 2.75) is 24.8 Å². The van der Waals surface area contributed by atoms with Crippen LogP contribution in [0.4, 0.5) is 4.39 Å². The Kier molecular flexibility index (Phi) is 1.81. The van der Waals surface area contributed by atoms with E-state index in [1.807, 2.05) is 12.1 Å². The van der Waals surface area contributed by atoms with E-state index in [1.54, 1.807) is 0 Å². The Bertz CT molecular complexity index is 401. The molecule has 3 rings (SSSR count). The van der Waals surface area contributed by atoms with Crippen LogP contribution in [0.2, 0.25) is 0 Å². The van der Waals surface area contributed by atoms with Crippen LogP contribution in [0.5, 0.6) is 0 Å². The van der Waals surface area contributed by atoms with Gasteiger partial charge in [0.25, 0.3) is 0 Å². The summed E-state index contributed by atoms with van der Waals surface area (Å²) >= 11 is 0. The predicted molar refractivity (Wildman–Crippen MR) is 53.8 cm³/mol. The van der Waals surface area contributed by atoms with Crippen molar-refractivity contribution in [1.82, 2.24) is 5.32 Å². The van der Waals surface area contributed by atoms with Crippen molar-refractivity contribution in [3.05, 3.63) is 35.6 Å². The van der Waals surface area contributed by atoms with E-state index in [9.17, 15) is 9.18 Å². The Morgan fingerprint density at radius 1 is 1.20 bits per heavy atom. The number of nitrogens with one attached hydrogen (secondary N) is 1. The fourth-order valence-electron chi connectivity index (χ4n) is 2.79. The minimum absolute atomic E-state index is 0.185. The summed E-state index contributed by atoms with van der Waals surface area (Å²) in [7, 11) is 0. The van der Waals surface area contributed by atoms with Crippen LogP contribution < -0.4 is 5.32 Å². The lowest BCUT2D eigenvalue weighted by atomic mass is 9.91. The van der Waals surface area contributed by atoms with Gasteiger partial charge in [0.2, 0.25) is 5.91 Å². The van der Waals surface area contributed by atoms with Crippen molar-refractivity contribution in [2.75, 3.05) is 0 Å². The molecule has 2 nitrogen and oxygen atoms in total. The van der Waals surface area contributed by atoms with Gasteiger partial charge in [-0.15, -0.1) is 0 Å². The fourth-order valence-corrected chi connectivity index (χ4v) is 2.79. The molecule has 1 aliphatic carbocycles. The van der Waals surface area contributed by atoms with Gasteiger partial charge >= 0.3 is 0 Å². The van der Waals surface area contributed by atoms with Crippen LogP contribution in [-0.4, -0.2) is 11.9 Å². The molecule has 15 heavy (non-hydrogen) atoms. The van der Waals surface area contributed by atoms with Gasteiger partial charge in [-0.3, -0.25) is 4.79 Å². The van der Waals surface area contributed by atoms with E-state index in [1.165, 1.54) is 12.1 Å². The summed E-state index contributed by atoms with van der Waals surface area (Å²) in [5.41, 5.74) is 1.14. The Balaban J connectivity index is 1.85. The summed E-state index contributed by atoms with van der Waals surface area (Å²) in [6.07, 6.45) is 1.86. The molecule has 1 saturated heterocycles. The smallest absolute Gasteiger partial charge is 0.223 e. The van der Waals surface area contributed by atoms with Crippen LogP contribution in [0.15, 0.2) is 24.3 Å². The first kappa shape index (κ1) is 8.89. The lowest BCUT2D eigenvalue weighted by Gasteiger charge is -2.22. The van der Waals surface area contributed by atoms with Crippen molar-refractivity contribution in [2.24, 2.45) is 5.92 Å². The van der Waals surface area contributed by atoms with E-state index in [0.717, 1.165) is 18.4 Å². The Morgan fingerprint density at radius 2 is 1.93 bits per heavy atom. The average Bonchev–Trinajstić information content (AvgIpc) is 2.77. The van der Waals surface area contributed by atoms with E-state index < -0.39 is 0 Å². The van der Waals surface area contributed by atoms with Crippen LogP contribution in [0.1, 0.15) is 24.3 Å². The van der Waals surface area contributed by atoms with Gasteiger partial charge in [-0.05, 0) is 30.5 Å². The van der Waals surface area contributed by atoms with E-state index in [0.29, 0.717) is 5.92 Å². The average molecular weight is 205 g/mol. The minimum atomic E-state index is -0.203. The molecule has 1 aliphatic heterocycles. The molecule has 1 amide bonds. The summed E-state index contributed by atoms with van der Waals surface area (Å²) in [6.45, 7) is 0. The second kappa shape index (κ2) is 3.05. The number of fused-ring (bicyclic) bond motifs is 2. The zero-order valence-corrected chi connectivity index (χ0v) is 8.24. The number of hydrogen-bond donors (Lipinski definition) is 1. The van der Waals surface area contributed by atoms with Crippen molar-refractivity contribution in [1.29, 1.82) is 0 Å². The van der Waals surface area contributed by atoms with Gasteiger partial charge in [-0.1, -0.05) is 12.1 Å². The number of hydrogen-bond acceptors (Lipinski definition) is 1. The van der Waals surface area contributed by atoms with Crippen LogP contribution in [0.3, 0.4) is 0 Å². The SMILES string of the molecule is O=C1N[C@@H]2C[C@H]1C[C@H]2c1ccc(F)cc1. The standard InChI is InChI=1S/C12H12FNO/c13-9-3-1-7(2-4-9)10-5-8-6-11(10)14-12(8)15/h1-4,8,10-11H,5-6H2,(H,14,15)/t8-,10+,11-/m1/s1. The zero-order valence-electron chi connectivity index (χ0n) is 8.24. The first-order valence-electron chi connectivity index (χ1n) is 5.30. The Morgan fingerprint density at radius 3 is 2.47 bits per heavy atom. The number of rotatable bonds is 1. The lowest BCUT2D eigenvalue weighted by Crippen LogP contribution is -2.35. The maximum atomic E-state index is 12.8. The van der Waals surface area contributed by atoms with Gasteiger partial charge in [0.05, 0.1) is 0 Å². The zero-order chi connectivity index (χ0) is 10.4. The molecule has 0 unspecified atom stereocenters. The molecule has 3 heteroatoms. The largest absolute Gasteiger partial charge is 0.352 e. The molecule has 0 spiro atoms. The highest BCUT2D eigenvalue weighted by Gasteiger charge is 2.45. The van der Waals surface area contributed by atoms with Crippen molar-refractivity contribution < 1.29 is 9.18 Å². The second-order valence-electron chi connectivity index (χ2n) is 4.44. The summed E-state index contributed by atoms with van der Waals surface area (Å²) in [4.78, 5) is 11.3. The fraction of sp³-hybridized carbons (Fsp3) is 0.417. The second-order valence-corrected chi connectivity index (χ2v) is 4.44.